The van der Waals surface area contributed by atoms with Crippen LogP contribution in [0.3, 0.4) is 0 Å². The van der Waals surface area contributed by atoms with E-state index in [4.69, 9.17) is 34.8 Å². The Hall–Kier alpha value is 0.0200. The molecule has 0 amide bonds. The van der Waals surface area contributed by atoms with Crippen molar-refractivity contribution in [1.82, 2.24) is 0 Å². The summed E-state index contributed by atoms with van der Waals surface area (Å²) in [4.78, 5) is 10.7. The highest BCUT2D eigenvalue weighted by atomic mass is 35.6. The Kier molecular flexibility index (Phi) is 4.82. The van der Waals surface area contributed by atoms with E-state index >= 15 is 0 Å². The van der Waals surface area contributed by atoms with Gasteiger partial charge in [0.2, 0.25) is 0 Å². The third-order valence-corrected chi connectivity index (χ3v) is 1.09. The third-order valence-electron chi connectivity index (χ3n) is 0.710. The number of hydrogen-bond donors (Lipinski definition) is 0. The van der Waals surface area contributed by atoms with Crippen molar-refractivity contribution in [3.63, 3.8) is 0 Å². The molecule has 0 aliphatic rings. The van der Waals surface area contributed by atoms with E-state index in [0.29, 0.717) is 0 Å². The van der Waals surface area contributed by atoms with Crippen molar-refractivity contribution >= 4 is 40.6 Å². The second kappa shape index (κ2) is 4.81. The average molecular weight is 212 g/mol. The molecule has 11 heavy (non-hydrogen) atoms. The van der Waals surface area contributed by atoms with Gasteiger partial charge in [-0.05, 0) is 0 Å². The lowest BCUT2D eigenvalue weighted by atomic mass is 10.3. The highest BCUT2D eigenvalue weighted by Gasteiger charge is 2.10. The molecule has 0 aromatic heterocycles. The number of ketones is 1. The molecule has 0 heterocycles. The minimum Gasteiger partial charge on any atom is -0.333 e. The van der Waals surface area contributed by atoms with Gasteiger partial charge in [0, 0.05) is 5.78 Å². The topological polar surface area (TPSA) is 17.1 Å². The summed E-state index contributed by atoms with van der Waals surface area (Å²) < 4.78 is -1.51. The molecule has 0 saturated heterocycles. The van der Waals surface area contributed by atoms with Crippen molar-refractivity contribution in [2.24, 2.45) is 0 Å². The van der Waals surface area contributed by atoms with Gasteiger partial charge in [-0.2, -0.15) is 12.2 Å². The molecule has 1 nitrogen and oxygen atoms in total. The summed E-state index contributed by atoms with van der Waals surface area (Å²) in [5.41, 5.74) is 0. The molecule has 0 rings (SSSR count). The van der Waals surface area contributed by atoms with Gasteiger partial charge in [0.15, 0.2) is 3.79 Å². The van der Waals surface area contributed by atoms with E-state index in [9.17, 15) is 4.79 Å². The molecule has 0 bridgehead atoms. The predicted molar refractivity (Wildman–Crippen MR) is 47.9 cm³/mol. The van der Waals surface area contributed by atoms with E-state index in [1.54, 1.807) is 6.92 Å². The number of rotatable bonds is 2. The van der Waals surface area contributed by atoms with E-state index in [1.165, 1.54) is 12.2 Å². The van der Waals surface area contributed by atoms with Crippen LogP contribution in [0.4, 0.5) is 0 Å². The lowest BCUT2D eigenvalue weighted by molar-refractivity contribution is -0.111. The van der Waals surface area contributed by atoms with E-state index < -0.39 is 3.79 Å². The summed E-state index contributed by atoms with van der Waals surface area (Å²) in [6, 6.07) is 0. The van der Waals surface area contributed by atoms with Crippen molar-refractivity contribution in [2.45, 2.75) is 10.7 Å². The standard InChI is InChI=1S/C7H6Cl3O/c1-2-3-6(11)4-5-7(8,9)10/h2,4-5H,1H3/q-1. The Bertz CT molecular complexity index is 188. The van der Waals surface area contributed by atoms with Gasteiger partial charge in [0.05, 0.1) is 0 Å². The summed E-state index contributed by atoms with van der Waals surface area (Å²) in [7, 11) is 0. The summed E-state index contributed by atoms with van der Waals surface area (Å²) in [6.45, 7) is 1.68. The highest BCUT2D eigenvalue weighted by molar-refractivity contribution is 6.69. The maximum absolute atomic E-state index is 10.7. The molecule has 0 atom stereocenters. The van der Waals surface area contributed by atoms with Crippen LogP contribution in [-0.4, -0.2) is 9.58 Å². The monoisotopic (exact) mass is 211 g/mol. The largest absolute Gasteiger partial charge is 0.333 e. The van der Waals surface area contributed by atoms with Crippen LogP contribution in [0, 0.1) is 6.08 Å². The van der Waals surface area contributed by atoms with Gasteiger partial charge in [-0.3, -0.25) is 0 Å². The molecular weight excluding hydrogens is 206 g/mol. The molecule has 0 fully saturated rings. The second-order valence-electron chi connectivity index (χ2n) is 1.67. The van der Waals surface area contributed by atoms with Crippen molar-refractivity contribution in [1.29, 1.82) is 0 Å². The van der Waals surface area contributed by atoms with Crippen LogP contribution in [0.2, 0.25) is 0 Å². The smallest absolute Gasteiger partial charge is 0.193 e. The summed E-state index contributed by atoms with van der Waals surface area (Å²) in [5.74, 6) is -0.321. The fraction of sp³-hybridized carbons (Fsp3) is 0.286. The number of halogens is 3. The Morgan fingerprint density at radius 3 is 2.36 bits per heavy atom. The summed E-state index contributed by atoms with van der Waals surface area (Å²) in [6.07, 6.45) is 6.22. The van der Waals surface area contributed by atoms with E-state index in [0.717, 1.165) is 6.08 Å². The Balaban J connectivity index is 4.04. The quantitative estimate of drug-likeness (QED) is 0.391. The van der Waals surface area contributed by atoms with Crippen LogP contribution in [-0.2, 0) is 4.79 Å². The first-order valence-electron chi connectivity index (χ1n) is 2.80. The number of allylic oxidation sites excluding steroid dienone is 4. The molecule has 0 radical (unpaired) electrons. The SMILES string of the molecule is CC=[C-]C(=O)C=CC(Cl)(Cl)Cl. The molecule has 0 spiro atoms. The van der Waals surface area contributed by atoms with Crippen LogP contribution in [0.25, 0.3) is 0 Å². The first-order chi connectivity index (χ1) is 4.95. The van der Waals surface area contributed by atoms with Crippen LogP contribution in [0.1, 0.15) is 6.92 Å². The van der Waals surface area contributed by atoms with Crippen LogP contribution in [0.15, 0.2) is 18.2 Å². The van der Waals surface area contributed by atoms with Gasteiger partial charge in [-0.25, -0.2) is 6.08 Å². The molecule has 4 heteroatoms. The van der Waals surface area contributed by atoms with E-state index in [2.05, 4.69) is 6.08 Å². The minimum atomic E-state index is -1.51. The zero-order chi connectivity index (χ0) is 8.91. The van der Waals surface area contributed by atoms with Crippen molar-refractivity contribution in [2.75, 3.05) is 0 Å². The van der Waals surface area contributed by atoms with Crippen LogP contribution < -0.4 is 0 Å². The maximum atomic E-state index is 10.7. The third kappa shape index (κ3) is 7.92. The Morgan fingerprint density at radius 1 is 1.45 bits per heavy atom. The van der Waals surface area contributed by atoms with Gasteiger partial charge >= 0.3 is 0 Å². The average Bonchev–Trinajstić information content (AvgIpc) is 1.83. The molecule has 0 aromatic carbocycles. The molecule has 0 N–H and O–H groups in total. The lowest BCUT2D eigenvalue weighted by Crippen LogP contribution is -1.97. The Morgan fingerprint density at radius 2 is 2.00 bits per heavy atom. The van der Waals surface area contributed by atoms with Crippen LogP contribution >= 0.6 is 34.8 Å². The Labute approximate surface area is 80.6 Å². The van der Waals surface area contributed by atoms with Crippen molar-refractivity contribution in [3.05, 3.63) is 24.3 Å². The van der Waals surface area contributed by atoms with Gasteiger partial charge in [-0.15, -0.1) is 6.08 Å². The molecule has 62 valence electrons. The van der Waals surface area contributed by atoms with E-state index in [1.807, 2.05) is 0 Å². The fourth-order valence-electron chi connectivity index (χ4n) is 0.361. The van der Waals surface area contributed by atoms with Gasteiger partial charge in [0.1, 0.15) is 0 Å². The number of carbonyl (C=O) groups excluding carboxylic acids is 1. The number of hydrogen-bond acceptors (Lipinski definition) is 1. The molecule has 0 unspecified atom stereocenters. The summed E-state index contributed by atoms with van der Waals surface area (Å²) in [5, 5.41) is 0. The zero-order valence-corrected chi connectivity index (χ0v) is 8.04. The van der Waals surface area contributed by atoms with E-state index in [-0.39, 0.29) is 5.78 Å². The van der Waals surface area contributed by atoms with Gasteiger partial charge in [0.25, 0.3) is 0 Å². The molecular formula is C7H6Cl3O-. The number of alkyl halides is 3. The van der Waals surface area contributed by atoms with Crippen LogP contribution in [0.5, 0.6) is 0 Å². The predicted octanol–water partition coefficient (Wildman–Crippen LogP) is 2.86. The highest BCUT2D eigenvalue weighted by Crippen LogP contribution is 2.27. The molecule has 0 aromatic rings. The molecule has 0 saturated carbocycles. The van der Waals surface area contributed by atoms with Crippen molar-refractivity contribution < 1.29 is 4.79 Å². The zero-order valence-electron chi connectivity index (χ0n) is 5.77. The van der Waals surface area contributed by atoms with Gasteiger partial charge < -0.3 is 4.79 Å². The first kappa shape index (κ1) is 11.0. The first-order valence-corrected chi connectivity index (χ1v) is 3.93. The van der Waals surface area contributed by atoms with Crippen molar-refractivity contribution in [3.8, 4) is 0 Å². The fourth-order valence-corrected chi connectivity index (χ4v) is 0.550. The maximum Gasteiger partial charge on any atom is 0.193 e. The lowest BCUT2D eigenvalue weighted by Gasteiger charge is -2.04. The number of carbonyl (C=O) groups is 1. The van der Waals surface area contributed by atoms with Gasteiger partial charge in [-0.1, -0.05) is 41.7 Å². The normalized spacial score (nSPS) is 13.1. The summed E-state index contributed by atoms with van der Waals surface area (Å²) >= 11 is 16.0. The second-order valence-corrected chi connectivity index (χ2v) is 4.04. The molecule has 0 aliphatic heterocycles. The minimum absolute atomic E-state index is 0.321. The molecule has 0 aliphatic carbocycles.